The van der Waals surface area contributed by atoms with Crippen molar-refractivity contribution in [3.63, 3.8) is 0 Å². The minimum Gasteiger partial charge on any atom is -0.493 e. The van der Waals surface area contributed by atoms with Crippen molar-refractivity contribution in [2.75, 3.05) is 33.4 Å². The fourth-order valence-corrected chi connectivity index (χ4v) is 5.15. The Hall–Kier alpha value is -3.13. The lowest BCUT2D eigenvalue weighted by Gasteiger charge is -2.42. The van der Waals surface area contributed by atoms with Gasteiger partial charge in [-0.1, -0.05) is 25.1 Å². The second kappa shape index (κ2) is 14.0. The molecule has 2 aromatic carbocycles. The number of carbonyl (C=O) groups is 2. The standard InChI is InChI=1S/C32H45FN2O5/c1-8-23-19-27(25-14-9-10-15-28(25)33)29(39-18-12-17-38-7)20-26(23)30(36)35(22(2)3)24-13-11-16-34(21-24)31(37)40-32(4,5)6/h9-10,14-15,19-20,22,24H,8,11-13,16-18,21H2,1-7H3/t24-/m1/s1. The fraction of sp³-hybridized carbons (Fsp3) is 0.562. The second-order valence-electron chi connectivity index (χ2n) is 11.6. The van der Waals surface area contributed by atoms with E-state index in [1.165, 1.54) is 6.07 Å². The van der Waals surface area contributed by atoms with E-state index < -0.39 is 5.60 Å². The molecule has 2 aromatic rings. The molecule has 1 aliphatic rings. The molecule has 0 saturated carbocycles. The molecule has 0 bridgehead atoms. The predicted molar refractivity (Wildman–Crippen MR) is 155 cm³/mol. The van der Waals surface area contributed by atoms with Crippen molar-refractivity contribution in [1.82, 2.24) is 9.80 Å². The Labute approximate surface area is 238 Å². The number of carbonyl (C=O) groups excluding carboxylic acids is 2. The Bertz CT molecular complexity index is 1160. The minimum absolute atomic E-state index is 0.0990. The number of ether oxygens (including phenoxy) is 3. The number of halogens is 1. The van der Waals surface area contributed by atoms with Gasteiger partial charge in [0.15, 0.2) is 0 Å². The molecule has 0 aliphatic carbocycles. The largest absolute Gasteiger partial charge is 0.493 e. The van der Waals surface area contributed by atoms with Crippen LogP contribution in [0.2, 0.25) is 0 Å². The normalized spacial score (nSPS) is 15.7. The summed E-state index contributed by atoms with van der Waals surface area (Å²) in [5.74, 6) is -0.00665. The SMILES string of the molecule is CCc1cc(-c2ccccc2F)c(OCCCOC)cc1C(=O)N(C(C)C)[C@@H]1CCCN(C(=O)OC(C)(C)C)C1. The lowest BCUT2D eigenvalue weighted by Crippen LogP contribution is -2.54. The molecule has 1 atom stereocenters. The van der Waals surface area contributed by atoms with E-state index in [-0.39, 0.29) is 29.9 Å². The average Bonchev–Trinajstić information content (AvgIpc) is 2.90. The molecule has 1 fully saturated rings. The highest BCUT2D eigenvalue weighted by molar-refractivity contribution is 5.98. The van der Waals surface area contributed by atoms with Crippen LogP contribution in [0.4, 0.5) is 9.18 Å². The molecule has 0 N–H and O–H groups in total. The summed E-state index contributed by atoms with van der Waals surface area (Å²) in [7, 11) is 1.63. The molecule has 220 valence electrons. The molecule has 2 amide bonds. The Morgan fingerprint density at radius 2 is 1.85 bits per heavy atom. The summed E-state index contributed by atoms with van der Waals surface area (Å²) >= 11 is 0. The van der Waals surface area contributed by atoms with Crippen LogP contribution in [-0.4, -0.2) is 72.9 Å². The summed E-state index contributed by atoms with van der Waals surface area (Å²) in [5.41, 5.74) is 1.81. The number of likely N-dealkylation sites (tertiary alicyclic amines) is 1. The molecule has 3 rings (SSSR count). The number of amides is 2. The van der Waals surface area contributed by atoms with Crippen LogP contribution in [0.3, 0.4) is 0 Å². The summed E-state index contributed by atoms with van der Waals surface area (Å²) < 4.78 is 31.8. The maximum atomic E-state index is 14.9. The zero-order chi connectivity index (χ0) is 29.4. The van der Waals surface area contributed by atoms with E-state index in [0.717, 1.165) is 18.4 Å². The first-order valence-electron chi connectivity index (χ1n) is 14.3. The molecule has 1 saturated heterocycles. The van der Waals surface area contributed by atoms with Crippen molar-refractivity contribution >= 4 is 12.0 Å². The molecule has 7 nitrogen and oxygen atoms in total. The highest BCUT2D eigenvalue weighted by atomic mass is 19.1. The number of rotatable bonds is 10. The van der Waals surface area contributed by atoms with Gasteiger partial charge in [-0.05, 0) is 77.6 Å². The molecule has 0 unspecified atom stereocenters. The summed E-state index contributed by atoms with van der Waals surface area (Å²) in [5, 5.41) is 0. The van der Waals surface area contributed by atoms with Gasteiger partial charge in [-0.3, -0.25) is 4.79 Å². The average molecular weight is 557 g/mol. The van der Waals surface area contributed by atoms with Gasteiger partial charge in [-0.15, -0.1) is 0 Å². The van der Waals surface area contributed by atoms with Crippen LogP contribution >= 0.6 is 0 Å². The molecular weight excluding hydrogens is 511 g/mol. The van der Waals surface area contributed by atoms with Gasteiger partial charge >= 0.3 is 6.09 Å². The molecular formula is C32H45FN2O5. The van der Waals surface area contributed by atoms with Crippen LogP contribution in [-0.2, 0) is 15.9 Å². The van der Waals surface area contributed by atoms with Crippen LogP contribution in [0.5, 0.6) is 5.75 Å². The number of aryl methyl sites for hydroxylation is 1. The molecule has 40 heavy (non-hydrogen) atoms. The van der Waals surface area contributed by atoms with Crippen molar-refractivity contribution in [3.8, 4) is 16.9 Å². The van der Waals surface area contributed by atoms with Gasteiger partial charge in [0.2, 0.25) is 0 Å². The third-order valence-electron chi connectivity index (χ3n) is 6.96. The van der Waals surface area contributed by atoms with Crippen LogP contribution in [0.1, 0.15) is 76.7 Å². The van der Waals surface area contributed by atoms with Crippen molar-refractivity contribution in [2.24, 2.45) is 0 Å². The number of piperidine rings is 1. The van der Waals surface area contributed by atoms with Crippen molar-refractivity contribution in [3.05, 3.63) is 53.3 Å². The maximum absolute atomic E-state index is 14.9. The fourth-order valence-electron chi connectivity index (χ4n) is 5.15. The summed E-state index contributed by atoms with van der Waals surface area (Å²) in [6, 6.07) is 9.98. The third kappa shape index (κ3) is 7.96. The Morgan fingerprint density at radius 1 is 1.12 bits per heavy atom. The second-order valence-corrected chi connectivity index (χ2v) is 11.6. The van der Waals surface area contributed by atoms with E-state index in [1.54, 1.807) is 36.3 Å². The van der Waals surface area contributed by atoms with Gasteiger partial charge in [-0.2, -0.15) is 0 Å². The number of hydrogen-bond donors (Lipinski definition) is 0. The van der Waals surface area contributed by atoms with E-state index in [4.69, 9.17) is 14.2 Å². The van der Waals surface area contributed by atoms with Crippen LogP contribution in [0, 0.1) is 5.82 Å². The first kappa shape index (κ1) is 31.4. The molecule has 0 radical (unpaired) electrons. The number of methoxy groups -OCH3 is 1. The van der Waals surface area contributed by atoms with Crippen LogP contribution in [0.15, 0.2) is 36.4 Å². The summed E-state index contributed by atoms with van der Waals surface area (Å²) in [6.07, 6.45) is 2.46. The molecule has 0 aromatic heterocycles. The van der Waals surface area contributed by atoms with Gasteiger partial charge in [0.25, 0.3) is 5.91 Å². The van der Waals surface area contributed by atoms with E-state index >= 15 is 0 Å². The monoisotopic (exact) mass is 556 g/mol. The van der Waals surface area contributed by atoms with E-state index in [0.29, 0.717) is 61.6 Å². The number of nitrogens with zero attached hydrogens (tertiary/aromatic N) is 2. The van der Waals surface area contributed by atoms with Crippen molar-refractivity contribution in [2.45, 2.75) is 84.9 Å². The molecule has 1 aliphatic heterocycles. The number of hydrogen-bond acceptors (Lipinski definition) is 5. The smallest absolute Gasteiger partial charge is 0.410 e. The maximum Gasteiger partial charge on any atom is 0.410 e. The Kier molecular flexibility index (Phi) is 11.0. The highest BCUT2D eigenvalue weighted by Gasteiger charge is 2.35. The van der Waals surface area contributed by atoms with E-state index in [1.807, 2.05) is 52.5 Å². The van der Waals surface area contributed by atoms with Gasteiger partial charge in [-0.25, -0.2) is 9.18 Å². The van der Waals surface area contributed by atoms with Gasteiger partial charge < -0.3 is 24.0 Å². The first-order chi connectivity index (χ1) is 19.0. The Balaban J connectivity index is 1.99. The minimum atomic E-state index is -0.590. The van der Waals surface area contributed by atoms with Gasteiger partial charge in [0, 0.05) is 56.0 Å². The molecule has 0 spiro atoms. The van der Waals surface area contributed by atoms with Gasteiger partial charge in [0.05, 0.1) is 12.6 Å². The van der Waals surface area contributed by atoms with E-state index in [9.17, 15) is 14.0 Å². The first-order valence-corrected chi connectivity index (χ1v) is 14.3. The zero-order valence-electron chi connectivity index (χ0n) is 25.1. The Morgan fingerprint density at radius 3 is 2.48 bits per heavy atom. The molecule has 1 heterocycles. The lowest BCUT2D eigenvalue weighted by molar-refractivity contribution is 0.00750. The summed E-state index contributed by atoms with van der Waals surface area (Å²) in [4.78, 5) is 30.7. The topological polar surface area (TPSA) is 68.3 Å². The third-order valence-corrected chi connectivity index (χ3v) is 6.96. The lowest BCUT2D eigenvalue weighted by atomic mass is 9.94. The predicted octanol–water partition coefficient (Wildman–Crippen LogP) is 6.72. The van der Waals surface area contributed by atoms with E-state index in [2.05, 4.69) is 0 Å². The summed E-state index contributed by atoms with van der Waals surface area (Å²) in [6.45, 7) is 13.4. The zero-order valence-corrected chi connectivity index (χ0v) is 25.1. The van der Waals surface area contributed by atoms with Crippen molar-refractivity contribution in [1.29, 1.82) is 0 Å². The van der Waals surface area contributed by atoms with Crippen LogP contribution in [0.25, 0.3) is 11.1 Å². The number of benzene rings is 2. The van der Waals surface area contributed by atoms with Crippen LogP contribution < -0.4 is 4.74 Å². The molecule has 8 heteroatoms. The van der Waals surface area contributed by atoms with Crippen molar-refractivity contribution < 1.29 is 28.2 Å². The quantitative estimate of drug-likeness (QED) is 0.304. The highest BCUT2D eigenvalue weighted by Crippen LogP contribution is 2.36. The van der Waals surface area contributed by atoms with Gasteiger partial charge in [0.1, 0.15) is 17.2 Å².